The zero-order valence-corrected chi connectivity index (χ0v) is 20.2. The molecule has 7 heteroatoms. The Morgan fingerprint density at radius 3 is 2.53 bits per heavy atom. The summed E-state index contributed by atoms with van der Waals surface area (Å²) in [7, 11) is 1.63. The van der Waals surface area contributed by atoms with Crippen molar-refractivity contribution in [2.45, 2.75) is 31.7 Å². The van der Waals surface area contributed by atoms with Crippen molar-refractivity contribution in [1.82, 2.24) is 0 Å². The highest BCUT2D eigenvalue weighted by molar-refractivity contribution is 6.03. The van der Waals surface area contributed by atoms with Gasteiger partial charge < -0.3 is 24.8 Å². The summed E-state index contributed by atoms with van der Waals surface area (Å²) in [5.74, 6) is 1.05. The summed E-state index contributed by atoms with van der Waals surface area (Å²) in [6.45, 7) is 2.21. The highest BCUT2D eigenvalue weighted by atomic mass is 16.5. The molecule has 1 heterocycles. The number of aromatic hydroxyl groups is 1. The van der Waals surface area contributed by atoms with Gasteiger partial charge >= 0.3 is 0 Å². The lowest BCUT2D eigenvalue weighted by Gasteiger charge is -2.33. The van der Waals surface area contributed by atoms with Crippen molar-refractivity contribution < 1.29 is 24.2 Å². The van der Waals surface area contributed by atoms with Crippen molar-refractivity contribution in [3.63, 3.8) is 0 Å². The van der Waals surface area contributed by atoms with Gasteiger partial charge in [0.15, 0.2) is 17.3 Å². The number of rotatable bonds is 6. The van der Waals surface area contributed by atoms with Gasteiger partial charge in [-0.1, -0.05) is 30.3 Å². The lowest BCUT2D eigenvalue weighted by atomic mass is 9.78. The van der Waals surface area contributed by atoms with Crippen LogP contribution in [0.3, 0.4) is 0 Å². The van der Waals surface area contributed by atoms with Crippen molar-refractivity contribution in [1.29, 1.82) is 0 Å². The van der Waals surface area contributed by atoms with E-state index in [2.05, 4.69) is 5.32 Å². The first-order chi connectivity index (χ1) is 17.5. The van der Waals surface area contributed by atoms with Crippen LogP contribution in [0.2, 0.25) is 0 Å². The number of carbonyl (C=O) groups excluding carboxylic acids is 2. The first kappa shape index (κ1) is 23.5. The van der Waals surface area contributed by atoms with E-state index >= 15 is 0 Å². The van der Waals surface area contributed by atoms with Crippen LogP contribution in [0.25, 0.3) is 0 Å². The predicted molar refractivity (Wildman–Crippen MR) is 138 cm³/mol. The molecule has 1 amide bonds. The number of fused-ring (bicyclic) bond motifs is 1. The number of nitrogens with one attached hydrogen (secondary N) is 1. The summed E-state index contributed by atoms with van der Waals surface area (Å²) in [6.07, 6.45) is 1.70. The SMILES string of the molecule is CCOc1cc(C2C3=C(CC(c4ccc(OC)cc4)CC3=O)Nc3ccccc3N2C=O)ccc1O. The number of ether oxygens (including phenoxy) is 2. The number of hydrogen-bond donors (Lipinski definition) is 2. The second-order valence-electron chi connectivity index (χ2n) is 8.91. The summed E-state index contributed by atoms with van der Waals surface area (Å²) in [5.41, 5.74) is 4.52. The smallest absolute Gasteiger partial charge is 0.215 e. The summed E-state index contributed by atoms with van der Waals surface area (Å²) in [5, 5.41) is 13.8. The molecule has 7 nitrogen and oxygen atoms in total. The molecule has 2 unspecified atom stereocenters. The lowest BCUT2D eigenvalue weighted by Crippen LogP contribution is -2.33. The zero-order chi connectivity index (χ0) is 25.2. The largest absolute Gasteiger partial charge is 0.504 e. The van der Waals surface area contributed by atoms with Crippen molar-refractivity contribution in [3.05, 3.63) is 89.1 Å². The third kappa shape index (κ3) is 4.17. The highest BCUT2D eigenvalue weighted by Crippen LogP contribution is 2.47. The first-order valence-electron chi connectivity index (χ1n) is 12.0. The molecular formula is C29H28N2O5. The van der Waals surface area contributed by atoms with E-state index in [-0.39, 0.29) is 17.5 Å². The maximum Gasteiger partial charge on any atom is 0.215 e. The molecule has 3 aromatic rings. The Morgan fingerprint density at radius 2 is 1.81 bits per heavy atom. The molecule has 0 aromatic heterocycles. The van der Waals surface area contributed by atoms with Crippen LogP contribution < -0.4 is 19.7 Å². The Morgan fingerprint density at radius 1 is 1.06 bits per heavy atom. The molecule has 2 aliphatic rings. The molecule has 1 aliphatic carbocycles. The fraction of sp³-hybridized carbons (Fsp3) is 0.241. The molecule has 0 saturated carbocycles. The molecule has 0 fully saturated rings. The molecule has 0 spiro atoms. The van der Waals surface area contributed by atoms with E-state index in [4.69, 9.17) is 9.47 Å². The number of allylic oxidation sites excluding steroid dienone is 1. The number of amides is 1. The van der Waals surface area contributed by atoms with Gasteiger partial charge in [0.1, 0.15) is 5.75 Å². The van der Waals surface area contributed by atoms with Gasteiger partial charge in [-0.25, -0.2) is 0 Å². The average molecular weight is 485 g/mol. The van der Waals surface area contributed by atoms with Gasteiger partial charge in [-0.15, -0.1) is 0 Å². The van der Waals surface area contributed by atoms with Crippen LogP contribution in [0.1, 0.15) is 42.9 Å². The Hall–Kier alpha value is -4.26. The minimum Gasteiger partial charge on any atom is -0.504 e. The quantitative estimate of drug-likeness (QED) is 0.460. The van der Waals surface area contributed by atoms with E-state index in [9.17, 15) is 14.7 Å². The number of phenolic OH excluding ortho intramolecular Hbond substituents is 1. The van der Waals surface area contributed by atoms with Gasteiger partial charge in [0, 0.05) is 17.7 Å². The summed E-state index contributed by atoms with van der Waals surface area (Å²) < 4.78 is 10.9. The number of carbonyl (C=O) groups is 2. The van der Waals surface area contributed by atoms with Crippen LogP contribution in [0.5, 0.6) is 17.2 Å². The minimum absolute atomic E-state index is 0.00847. The number of methoxy groups -OCH3 is 1. The Balaban J connectivity index is 1.65. The molecule has 0 bridgehead atoms. The van der Waals surface area contributed by atoms with Crippen molar-refractivity contribution >= 4 is 23.6 Å². The van der Waals surface area contributed by atoms with Gasteiger partial charge in [-0.3, -0.25) is 9.59 Å². The predicted octanol–water partition coefficient (Wildman–Crippen LogP) is 5.33. The maximum absolute atomic E-state index is 13.8. The Bertz CT molecular complexity index is 1330. The van der Waals surface area contributed by atoms with Gasteiger partial charge in [-0.05, 0) is 66.8 Å². The van der Waals surface area contributed by atoms with E-state index in [1.54, 1.807) is 30.2 Å². The molecule has 0 radical (unpaired) electrons. The monoisotopic (exact) mass is 484 g/mol. The first-order valence-corrected chi connectivity index (χ1v) is 12.0. The fourth-order valence-electron chi connectivity index (χ4n) is 5.14. The van der Waals surface area contributed by atoms with E-state index in [1.165, 1.54) is 0 Å². The second-order valence-corrected chi connectivity index (χ2v) is 8.91. The maximum atomic E-state index is 13.8. The van der Waals surface area contributed by atoms with Gasteiger partial charge in [0.2, 0.25) is 6.41 Å². The summed E-state index contributed by atoms with van der Waals surface area (Å²) in [6, 6.07) is 19.6. The van der Waals surface area contributed by atoms with Crippen molar-refractivity contribution in [3.8, 4) is 17.2 Å². The zero-order valence-electron chi connectivity index (χ0n) is 20.2. The number of para-hydroxylation sites is 2. The van der Waals surface area contributed by atoms with Gasteiger partial charge in [0.05, 0.1) is 31.1 Å². The third-order valence-corrected chi connectivity index (χ3v) is 6.83. The minimum atomic E-state index is -0.669. The molecule has 2 N–H and O–H groups in total. The number of Topliss-reactive ketones (excluding diaryl/α,β-unsaturated/α-hetero) is 1. The van der Waals surface area contributed by atoms with E-state index in [1.807, 2.05) is 55.5 Å². The molecule has 0 saturated heterocycles. The molecule has 2 atom stereocenters. The van der Waals surface area contributed by atoms with Crippen LogP contribution in [0.15, 0.2) is 78.0 Å². The Kier molecular flexibility index (Phi) is 6.38. The summed E-state index contributed by atoms with van der Waals surface area (Å²) in [4.78, 5) is 27.9. The van der Waals surface area contributed by atoms with E-state index < -0.39 is 6.04 Å². The molecular weight excluding hydrogens is 456 g/mol. The standard InChI is InChI=1S/C29H28N2O5/c1-3-36-27-16-19(10-13-25(27)33)29-28-23(30-22-6-4-5-7-24(22)31(29)17-32)14-20(15-26(28)34)18-8-11-21(35-2)12-9-18/h4-13,16-17,20,29-30,33H,3,14-15H2,1-2H3. The molecule has 5 rings (SSSR count). The third-order valence-electron chi connectivity index (χ3n) is 6.83. The lowest BCUT2D eigenvalue weighted by molar-refractivity contribution is -0.116. The van der Waals surface area contributed by atoms with Gasteiger partial charge in [-0.2, -0.15) is 0 Å². The van der Waals surface area contributed by atoms with Gasteiger partial charge in [0.25, 0.3) is 0 Å². The number of hydrogen-bond acceptors (Lipinski definition) is 6. The van der Waals surface area contributed by atoms with E-state index in [0.717, 1.165) is 29.1 Å². The number of phenols is 1. The number of nitrogens with zero attached hydrogens (tertiary/aromatic N) is 1. The van der Waals surface area contributed by atoms with Crippen LogP contribution in [-0.2, 0) is 9.59 Å². The van der Waals surface area contributed by atoms with E-state index in [0.29, 0.717) is 42.0 Å². The molecule has 36 heavy (non-hydrogen) atoms. The Labute approximate surface area is 210 Å². The van der Waals surface area contributed by atoms with Crippen LogP contribution in [0, 0.1) is 0 Å². The molecule has 3 aromatic carbocycles. The fourth-order valence-corrected chi connectivity index (χ4v) is 5.14. The van der Waals surface area contributed by atoms with Crippen LogP contribution in [-0.4, -0.2) is 31.0 Å². The topological polar surface area (TPSA) is 88.1 Å². The number of benzene rings is 3. The van der Waals surface area contributed by atoms with Crippen LogP contribution >= 0.6 is 0 Å². The van der Waals surface area contributed by atoms with Crippen molar-refractivity contribution in [2.24, 2.45) is 0 Å². The number of ketones is 1. The van der Waals surface area contributed by atoms with Crippen molar-refractivity contribution in [2.75, 3.05) is 23.9 Å². The average Bonchev–Trinajstić information content (AvgIpc) is 3.04. The highest BCUT2D eigenvalue weighted by Gasteiger charge is 2.39. The number of anilines is 2. The van der Waals surface area contributed by atoms with Crippen LogP contribution in [0.4, 0.5) is 11.4 Å². The molecule has 184 valence electrons. The summed E-state index contributed by atoms with van der Waals surface area (Å²) >= 11 is 0. The second kappa shape index (κ2) is 9.77. The molecule has 1 aliphatic heterocycles. The normalized spacial score (nSPS) is 19.1.